The minimum absolute atomic E-state index is 0.0551. The molecule has 1 N–H and O–H groups in total. The number of anilines is 1. The minimum Gasteiger partial charge on any atom is -0.326 e. The number of nitrogens with one attached hydrogen (secondary N) is 1. The Hall–Kier alpha value is -1.57. The zero-order valence-electron chi connectivity index (χ0n) is 7.58. The van der Waals surface area contributed by atoms with Gasteiger partial charge in [0.25, 0.3) is 0 Å². The molecule has 67 valence electrons. The van der Waals surface area contributed by atoms with Crippen molar-refractivity contribution in [2.75, 3.05) is 5.32 Å². The van der Waals surface area contributed by atoms with Gasteiger partial charge in [-0.3, -0.25) is 4.79 Å². The molecular formula is C11H12NO. The van der Waals surface area contributed by atoms with E-state index in [2.05, 4.69) is 12.2 Å². The molecule has 0 aromatic heterocycles. The highest BCUT2D eigenvalue weighted by Gasteiger charge is 1.93. The molecule has 0 saturated heterocycles. The summed E-state index contributed by atoms with van der Waals surface area (Å²) in [6.45, 7) is 5.09. The summed E-state index contributed by atoms with van der Waals surface area (Å²) in [6.07, 6.45) is 3.63. The van der Waals surface area contributed by atoms with Crippen LogP contribution in [0.4, 0.5) is 5.69 Å². The molecule has 0 aliphatic carbocycles. The van der Waals surface area contributed by atoms with Gasteiger partial charge in [0, 0.05) is 12.6 Å². The molecule has 1 radical (unpaired) electrons. The molecule has 0 atom stereocenters. The van der Waals surface area contributed by atoms with Gasteiger partial charge >= 0.3 is 0 Å². The third-order valence-corrected chi connectivity index (χ3v) is 1.54. The lowest BCUT2D eigenvalue weighted by molar-refractivity contribution is -0.114. The number of allylic oxidation sites excluding steroid dienone is 1. The largest absolute Gasteiger partial charge is 0.326 e. The summed E-state index contributed by atoms with van der Waals surface area (Å²) >= 11 is 0. The van der Waals surface area contributed by atoms with E-state index in [9.17, 15) is 4.79 Å². The molecule has 0 heterocycles. The normalized spacial score (nSPS) is 10.3. The number of carbonyl (C=O) groups is 1. The molecule has 0 spiro atoms. The van der Waals surface area contributed by atoms with Crippen LogP contribution < -0.4 is 5.32 Å². The molecule has 0 aliphatic rings. The van der Waals surface area contributed by atoms with Gasteiger partial charge in [0.2, 0.25) is 5.91 Å². The van der Waals surface area contributed by atoms with Crippen molar-refractivity contribution >= 4 is 17.7 Å². The average Bonchev–Trinajstić information content (AvgIpc) is 2.08. The predicted molar refractivity (Wildman–Crippen MR) is 55.1 cm³/mol. The molecule has 0 saturated carbocycles. The average molecular weight is 174 g/mol. The Bertz CT molecular complexity index is 311. The highest BCUT2D eigenvalue weighted by atomic mass is 16.1. The Morgan fingerprint density at radius 2 is 2.00 bits per heavy atom. The molecule has 0 unspecified atom stereocenters. The number of amides is 1. The maximum Gasteiger partial charge on any atom is 0.221 e. The Kier molecular flexibility index (Phi) is 3.26. The maximum atomic E-state index is 10.7. The van der Waals surface area contributed by atoms with Crippen LogP contribution in [0.3, 0.4) is 0 Å². The number of benzene rings is 1. The van der Waals surface area contributed by atoms with Crippen LogP contribution in [0.5, 0.6) is 0 Å². The first-order chi connectivity index (χ1) is 6.22. The zero-order chi connectivity index (χ0) is 9.68. The summed E-state index contributed by atoms with van der Waals surface area (Å²) in [6, 6.07) is 7.56. The first-order valence-electron chi connectivity index (χ1n) is 4.06. The first kappa shape index (κ1) is 9.52. The summed E-state index contributed by atoms with van der Waals surface area (Å²) in [5.74, 6) is -0.0551. The van der Waals surface area contributed by atoms with E-state index < -0.39 is 0 Å². The van der Waals surface area contributed by atoms with Crippen LogP contribution in [-0.2, 0) is 4.79 Å². The van der Waals surface area contributed by atoms with Crippen molar-refractivity contribution in [3.8, 4) is 0 Å². The van der Waals surface area contributed by atoms with E-state index in [1.54, 1.807) is 6.08 Å². The summed E-state index contributed by atoms with van der Waals surface area (Å²) < 4.78 is 0. The molecule has 2 heteroatoms. The molecule has 0 fully saturated rings. The van der Waals surface area contributed by atoms with Crippen LogP contribution in [0, 0.1) is 6.92 Å². The van der Waals surface area contributed by atoms with E-state index in [1.807, 2.05) is 30.3 Å². The van der Waals surface area contributed by atoms with Gasteiger partial charge in [-0.05, 0) is 24.6 Å². The van der Waals surface area contributed by atoms with E-state index in [0.717, 1.165) is 11.3 Å². The van der Waals surface area contributed by atoms with Gasteiger partial charge in [0.05, 0.1) is 0 Å². The van der Waals surface area contributed by atoms with Crippen LogP contribution in [-0.4, -0.2) is 5.91 Å². The van der Waals surface area contributed by atoms with Gasteiger partial charge in [-0.2, -0.15) is 0 Å². The highest BCUT2D eigenvalue weighted by Crippen LogP contribution is 2.10. The van der Waals surface area contributed by atoms with E-state index in [1.165, 1.54) is 6.92 Å². The second-order valence-corrected chi connectivity index (χ2v) is 2.71. The molecule has 0 aliphatic heterocycles. The predicted octanol–water partition coefficient (Wildman–Crippen LogP) is 2.49. The fraction of sp³-hybridized carbons (Fsp3) is 0.0909. The fourth-order valence-corrected chi connectivity index (χ4v) is 1.02. The van der Waals surface area contributed by atoms with Crippen molar-refractivity contribution in [2.45, 2.75) is 6.92 Å². The minimum atomic E-state index is -0.0551. The monoisotopic (exact) mass is 174 g/mol. The standard InChI is InChI=1S/C11H12NO/c1-3-4-10-5-7-11(8-6-10)12-9(2)13/h3-8H,1H2,2H3,(H,12,13)/b4-3+. The van der Waals surface area contributed by atoms with Gasteiger partial charge in [-0.1, -0.05) is 24.3 Å². The van der Waals surface area contributed by atoms with Crippen molar-refractivity contribution in [1.82, 2.24) is 0 Å². The van der Waals surface area contributed by atoms with E-state index >= 15 is 0 Å². The van der Waals surface area contributed by atoms with Crippen LogP contribution in [0.25, 0.3) is 6.08 Å². The lowest BCUT2D eigenvalue weighted by Crippen LogP contribution is -2.05. The Labute approximate surface area is 78.3 Å². The van der Waals surface area contributed by atoms with Gasteiger partial charge < -0.3 is 5.32 Å². The van der Waals surface area contributed by atoms with Crippen molar-refractivity contribution in [2.24, 2.45) is 0 Å². The van der Waals surface area contributed by atoms with Gasteiger partial charge in [0.15, 0.2) is 0 Å². The highest BCUT2D eigenvalue weighted by molar-refractivity contribution is 5.88. The van der Waals surface area contributed by atoms with E-state index in [-0.39, 0.29) is 5.91 Å². The second kappa shape index (κ2) is 4.45. The third kappa shape index (κ3) is 3.11. The summed E-state index contributed by atoms with van der Waals surface area (Å²) in [7, 11) is 0. The summed E-state index contributed by atoms with van der Waals surface area (Å²) in [5.41, 5.74) is 1.89. The van der Waals surface area contributed by atoms with Gasteiger partial charge in [0.1, 0.15) is 0 Å². The topological polar surface area (TPSA) is 29.1 Å². The van der Waals surface area contributed by atoms with Crippen LogP contribution in [0.1, 0.15) is 12.5 Å². The van der Waals surface area contributed by atoms with E-state index in [4.69, 9.17) is 0 Å². The number of carbonyl (C=O) groups excluding carboxylic acids is 1. The Balaban J connectivity index is 2.75. The lowest BCUT2D eigenvalue weighted by atomic mass is 10.2. The first-order valence-corrected chi connectivity index (χ1v) is 4.06. The molecule has 1 aromatic rings. The summed E-state index contributed by atoms with van der Waals surface area (Å²) in [4.78, 5) is 10.7. The second-order valence-electron chi connectivity index (χ2n) is 2.71. The molecule has 0 bridgehead atoms. The molecule has 1 rings (SSSR count). The Morgan fingerprint density at radius 3 is 2.46 bits per heavy atom. The lowest BCUT2D eigenvalue weighted by Gasteiger charge is -2.01. The fourth-order valence-electron chi connectivity index (χ4n) is 1.02. The van der Waals surface area contributed by atoms with Crippen molar-refractivity contribution < 1.29 is 4.79 Å². The molecule has 13 heavy (non-hydrogen) atoms. The number of rotatable bonds is 2. The van der Waals surface area contributed by atoms with Crippen molar-refractivity contribution in [3.63, 3.8) is 0 Å². The molecule has 1 amide bonds. The van der Waals surface area contributed by atoms with Crippen molar-refractivity contribution in [1.29, 1.82) is 0 Å². The molecule has 1 aromatic carbocycles. The van der Waals surface area contributed by atoms with Crippen LogP contribution in [0.2, 0.25) is 0 Å². The molecular weight excluding hydrogens is 162 g/mol. The zero-order valence-corrected chi connectivity index (χ0v) is 7.58. The number of hydrogen-bond acceptors (Lipinski definition) is 1. The van der Waals surface area contributed by atoms with Gasteiger partial charge in [-0.25, -0.2) is 0 Å². The van der Waals surface area contributed by atoms with Crippen molar-refractivity contribution in [3.05, 3.63) is 42.8 Å². The van der Waals surface area contributed by atoms with Crippen LogP contribution in [0.15, 0.2) is 30.3 Å². The quantitative estimate of drug-likeness (QED) is 0.733. The van der Waals surface area contributed by atoms with Gasteiger partial charge in [-0.15, -0.1) is 0 Å². The van der Waals surface area contributed by atoms with Crippen LogP contribution >= 0.6 is 0 Å². The number of hydrogen-bond donors (Lipinski definition) is 1. The summed E-state index contributed by atoms with van der Waals surface area (Å²) in [5, 5.41) is 2.70. The third-order valence-electron chi connectivity index (χ3n) is 1.54. The van der Waals surface area contributed by atoms with E-state index in [0.29, 0.717) is 0 Å². The maximum absolute atomic E-state index is 10.7. The smallest absolute Gasteiger partial charge is 0.221 e. The Morgan fingerprint density at radius 1 is 1.38 bits per heavy atom. The molecule has 2 nitrogen and oxygen atoms in total. The SMILES string of the molecule is [CH2]/C=C/c1ccc(NC(C)=O)cc1.